The number of thiophene rings is 2. The largest absolute Gasteiger partial charge is 0.442 e. The Morgan fingerprint density at radius 2 is 1.92 bits per heavy atom. The van der Waals surface area contributed by atoms with Crippen LogP contribution < -0.4 is 0 Å². The molecule has 0 unspecified atom stereocenters. The third kappa shape index (κ3) is 1.96. The predicted octanol–water partition coefficient (Wildman–Crippen LogP) is 4.74. The van der Waals surface area contributed by atoms with Crippen molar-refractivity contribution in [1.29, 1.82) is 0 Å². The molecule has 0 bridgehead atoms. The van der Waals surface area contributed by atoms with Gasteiger partial charge in [0.25, 0.3) is 0 Å². The van der Waals surface area contributed by atoms with Gasteiger partial charge in [0, 0.05) is 27.4 Å². The van der Waals surface area contributed by atoms with E-state index in [0.29, 0.717) is 5.76 Å². The summed E-state index contributed by atoms with van der Waals surface area (Å²) in [5.74, 6) is 0.692. The number of oxazole rings is 1. The van der Waals surface area contributed by atoms with Crippen LogP contribution in [0.15, 0.2) is 58.1 Å². The van der Waals surface area contributed by atoms with Crippen LogP contribution >= 0.6 is 22.7 Å². The van der Waals surface area contributed by atoms with E-state index in [0.717, 1.165) is 23.4 Å². The van der Waals surface area contributed by atoms with Crippen molar-refractivity contribution in [2.45, 2.75) is 11.8 Å². The standard InChI is InChI=1S/C18H13N3OS2/c1-3-15(23-7-1)18(16-4-2-8-24-16)6-5-12-13(9-18)20-21-17(12)14-10-19-11-22-14/h1-8,10-11H,9H2,(H,20,21). The first-order valence-electron chi connectivity index (χ1n) is 7.60. The number of nitrogens with zero attached hydrogens (tertiary/aromatic N) is 2. The zero-order chi connectivity index (χ0) is 16.0. The zero-order valence-corrected chi connectivity index (χ0v) is 14.2. The Hall–Kier alpha value is -2.44. The molecule has 0 fully saturated rings. The number of aromatic amines is 1. The molecule has 4 aromatic heterocycles. The predicted molar refractivity (Wildman–Crippen MR) is 96.2 cm³/mol. The molecule has 118 valence electrons. The lowest BCUT2D eigenvalue weighted by molar-refractivity contribution is 0.569. The summed E-state index contributed by atoms with van der Waals surface area (Å²) in [6.07, 6.45) is 8.47. The highest BCUT2D eigenvalue weighted by atomic mass is 32.1. The molecule has 0 spiro atoms. The van der Waals surface area contributed by atoms with E-state index in [1.165, 1.54) is 16.1 Å². The monoisotopic (exact) mass is 351 g/mol. The maximum absolute atomic E-state index is 5.42. The lowest BCUT2D eigenvalue weighted by atomic mass is 9.75. The van der Waals surface area contributed by atoms with Gasteiger partial charge in [0.1, 0.15) is 5.69 Å². The van der Waals surface area contributed by atoms with Gasteiger partial charge in [0.15, 0.2) is 12.2 Å². The topological polar surface area (TPSA) is 54.7 Å². The molecule has 0 atom stereocenters. The normalized spacial score (nSPS) is 15.5. The summed E-state index contributed by atoms with van der Waals surface area (Å²) in [4.78, 5) is 6.70. The fourth-order valence-corrected chi connectivity index (χ4v) is 5.22. The minimum Gasteiger partial charge on any atom is -0.442 e. The molecule has 0 aromatic carbocycles. The van der Waals surface area contributed by atoms with Crippen molar-refractivity contribution in [3.05, 3.63) is 74.7 Å². The fourth-order valence-electron chi connectivity index (χ4n) is 3.31. The van der Waals surface area contributed by atoms with Gasteiger partial charge in [0.05, 0.1) is 11.6 Å². The first-order valence-corrected chi connectivity index (χ1v) is 9.36. The maximum Gasteiger partial charge on any atom is 0.181 e. The van der Waals surface area contributed by atoms with Gasteiger partial charge in [-0.05, 0) is 22.9 Å². The summed E-state index contributed by atoms with van der Waals surface area (Å²) >= 11 is 3.60. The van der Waals surface area contributed by atoms with Gasteiger partial charge < -0.3 is 4.42 Å². The maximum atomic E-state index is 5.42. The number of fused-ring (bicyclic) bond motifs is 1. The molecule has 4 aromatic rings. The van der Waals surface area contributed by atoms with E-state index in [2.05, 4.69) is 62.4 Å². The smallest absolute Gasteiger partial charge is 0.181 e. The highest BCUT2D eigenvalue weighted by Gasteiger charge is 2.38. The van der Waals surface area contributed by atoms with Crippen LogP contribution in [0.2, 0.25) is 0 Å². The SMILES string of the molecule is C1=CC(c2cccs2)(c2cccs2)Cc2[nH]nc(-c3cnco3)c21. The fraction of sp³-hybridized carbons (Fsp3) is 0.111. The van der Waals surface area contributed by atoms with Gasteiger partial charge in [-0.2, -0.15) is 5.10 Å². The Morgan fingerprint density at radius 1 is 1.12 bits per heavy atom. The number of allylic oxidation sites excluding steroid dienone is 1. The number of nitrogens with one attached hydrogen (secondary N) is 1. The van der Waals surface area contributed by atoms with Gasteiger partial charge in [-0.1, -0.05) is 24.3 Å². The molecule has 4 nitrogen and oxygen atoms in total. The van der Waals surface area contributed by atoms with Crippen molar-refractivity contribution >= 4 is 28.7 Å². The Balaban J connectivity index is 1.66. The highest BCUT2D eigenvalue weighted by molar-refractivity contribution is 7.11. The van der Waals surface area contributed by atoms with E-state index in [4.69, 9.17) is 4.42 Å². The average Bonchev–Trinajstić information content (AvgIpc) is 3.43. The molecule has 1 aliphatic rings. The van der Waals surface area contributed by atoms with Crippen LogP contribution in [0.3, 0.4) is 0 Å². The molecule has 1 N–H and O–H groups in total. The van der Waals surface area contributed by atoms with E-state index < -0.39 is 0 Å². The number of hydrogen-bond acceptors (Lipinski definition) is 5. The van der Waals surface area contributed by atoms with Crippen LogP contribution in [0.25, 0.3) is 17.5 Å². The Kier molecular flexibility index (Phi) is 3.08. The summed E-state index contributed by atoms with van der Waals surface area (Å²) in [6.45, 7) is 0. The minimum absolute atomic E-state index is 0.124. The van der Waals surface area contributed by atoms with Gasteiger partial charge in [-0.25, -0.2) is 4.98 Å². The van der Waals surface area contributed by atoms with E-state index in [1.807, 2.05) is 0 Å². The van der Waals surface area contributed by atoms with Crippen molar-refractivity contribution in [2.24, 2.45) is 0 Å². The third-order valence-electron chi connectivity index (χ3n) is 4.46. The second-order valence-electron chi connectivity index (χ2n) is 5.77. The van der Waals surface area contributed by atoms with Crippen molar-refractivity contribution in [2.75, 3.05) is 0 Å². The molecule has 24 heavy (non-hydrogen) atoms. The third-order valence-corrected chi connectivity index (χ3v) is 6.56. The van der Waals surface area contributed by atoms with Crippen LogP contribution in [0.4, 0.5) is 0 Å². The Labute approximate surface area is 146 Å². The van der Waals surface area contributed by atoms with Crippen LogP contribution in [-0.4, -0.2) is 15.2 Å². The van der Waals surface area contributed by atoms with Crippen LogP contribution in [-0.2, 0) is 11.8 Å². The number of H-pyrrole nitrogens is 1. The summed E-state index contributed by atoms with van der Waals surface area (Å²) in [5, 5.41) is 12.0. The molecule has 0 aliphatic heterocycles. The second kappa shape index (κ2) is 5.29. The van der Waals surface area contributed by atoms with Crippen molar-refractivity contribution < 1.29 is 4.42 Å². The molecule has 0 saturated heterocycles. The highest BCUT2D eigenvalue weighted by Crippen LogP contribution is 2.45. The average molecular weight is 351 g/mol. The number of rotatable bonds is 3. The van der Waals surface area contributed by atoms with Gasteiger partial charge in [-0.3, -0.25) is 5.10 Å². The molecule has 1 aliphatic carbocycles. The molecule has 6 heteroatoms. The van der Waals surface area contributed by atoms with E-state index in [9.17, 15) is 0 Å². The first-order chi connectivity index (χ1) is 11.9. The van der Waals surface area contributed by atoms with Gasteiger partial charge in [-0.15, -0.1) is 22.7 Å². The quantitative estimate of drug-likeness (QED) is 0.580. The van der Waals surface area contributed by atoms with Gasteiger partial charge >= 0.3 is 0 Å². The van der Waals surface area contributed by atoms with Crippen LogP contribution in [0.1, 0.15) is 21.0 Å². The second-order valence-corrected chi connectivity index (χ2v) is 7.66. The Bertz CT molecular complexity index is 945. The molecular weight excluding hydrogens is 338 g/mol. The first kappa shape index (κ1) is 13.9. The lowest BCUT2D eigenvalue weighted by Gasteiger charge is -2.31. The van der Waals surface area contributed by atoms with Crippen LogP contribution in [0, 0.1) is 0 Å². The molecule has 4 heterocycles. The van der Waals surface area contributed by atoms with Crippen molar-refractivity contribution in [3.8, 4) is 11.5 Å². The van der Waals surface area contributed by atoms with Crippen LogP contribution in [0.5, 0.6) is 0 Å². The summed E-state index contributed by atoms with van der Waals surface area (Å²) in [5.41, 5.74) is 2.92. The number of hydrogen-bond donors (Lipinski definition) is 1. The molecule has 5 rings (SSSR count). The summed E-state index contributed by atoms with van der Waals surface area (Å²) < 4.78 is 5.42. The molecule has 0 radical (unpaired) electrons. The molecule has 0 amide bonds. The molecule has 0 saturated carbocycles. The van der Waals surface area contributed by atoms with E-state index >= 15 is 0 Å². The summed E-state index contributed by atoms with van der Waals surface area (Å²) in [6, 6.07) is 8.66. The number of aromatic nitrogens is 3. The molecular formula is C18H13N3OS2. The van der Waals surface area contributed by atoms with E-state index in [1.54, 1.807) is 28.9 Å². The Morgan fingerprint density at radius 3 is 2.54 bits per heavy atom. The van der Waals surface area contributed by atoms with E-state index in [-0.39, 0.29) is 5.41 Å². The van der Waals surface area contributed by atoms with Crippen molar-refractivity contribution in [3.63, 3.8) is 0 Å². The lowest BCUT2D eigenvalue weighted by Crippen LogP contribution is -2.28. The van der Waals surface area contributed by atoms with Crippen molar-refractivity contribution in [1.82, 2.24) is 15.2 Å². The zero-order valence-electron chi connectivity index (χ0n) is 12.6. The minimum atomic E-state index is -0.124. The van der Waals surface area contributed by atoms with Gasteiger partial charge in [0.2, 0.25) is 0 Å². The summed E-state index contributed by atoms with van der Waals surface area (Å²) in [7, 11) is 0.